The summed E-state index contributed by atoms with van der Waals surface area (Å²) in [6, 6.07) is 19.4. The van der Waals surface area contributed by atoms with Gasteiger partial charge in [-0.1, -0.05) is 36.4 Å². The molecule has 0 aromatic heterocycles. The van der Waals surface area contributed by atoms with Crippen molar-refractivity contribution in [3.05, 3.63) is 71.8 Å². The first kappa shape index (κ1) is 16.5. The number of nitrogens with zero attached hydrogens (tertiary/aromatic N) is 1. The van der Waals surface area contributed by atoms with E-state index in [1.165, 1.54) is 0 Å². The molecule has 3 aromatic carbocycles. The van der Waals surface area contributed by atoms with E-state index >= 15 is 0 Å². The molecule has 0 aliphatic carbocycles. The molecule has 0 atom stereocenters. The zero-order valence-electron chi connectivity index (χ0n) is 13.9. The summed E-state index contributed by atoms with van der Waals surface area (Å²) >= 11 is 0. The molecule has 0 unspecified atom stereocenters. The third-order valence-electron chi connectivity index (χ3n) is 3.89. The van der Waals surface area contributed by atoms with Gasteiger partial charge in [0.15, 0.2) is 0 Å². The normalized spacial score (nSPS) is 10.9. The van der Waals surface area contributed by atoms with Gasteiger partial charge in [0.1, 0.15) is 11.5 Å². The van der Waals surface area contributed by atoms with Gasteiger partial charge in [0, 0.05) is 12.6 Å². The molecule has 0 saturated heterocycles. The summed E-state index contributed by atoms with van der Waals surface area (Å²) in [4.78, 5) is 11.7. The van der Waals surface area contributed by atoms with E-state index < -0.39 is 0 Å². The van der Waals surface area contributed by atoms with E-state index in [0.29, 0.717) is 5.75 Å². The Balaban J connectivity index is 1.88. The van der Waals surface area contributed by atoms with Crippen molar-refractivity contribution >= 4 is 22.9 Å². The highest BCUT2D eigenvalue weighted by molar-refractivity contribution is 5.91. The Bertz CT molecular complexity index is 935. The summed E-state index contributed by atoms with van der Waals surface area (Å²) in [7, 11) is 1.62. The monoisotopic (exact) mass is 333 g/mol. The van der Waals surface area contributed by atoms with Crippen molar-refractivity contribution in [3.8, 4) is 11.5 Å². The van der Waals surface area contributed by atoms with Crippen LogP contribution in [0.3, 0.4) is 0 Å². The van der Waals surface area contributed by atoms with Crippen LogP contribution in [0.2, 0.25) is 0 Å². The first-order valence-electron chi connectivity index (χ1n) is 7.93. The number of rotatable bonds is 5. The number of ether oxygens (including phenoxy) is 1. The number of likely N-dealkylation sites (N-methyl/N-ethyl adjacent to an activating group) is 1. The lowest BCUT2D eigenvalue weighted by atomic mass is 10.1. The Labute approximate surface area is 146 Å². The van der Waals surface area contributed by atoms with Gasteiger partial charge in [0.05, 0.1) is 12.6 Å². The lowest BCUT2D eigenvalue weighted by molar-refractivity contribution is -0.119. The maximum atomic E-state index is 11.7. The molecule has 5 nitrogen and oxygen atoms in total. The molecule has 5 heteroatoms. The van der Waals surface area contributed by atoms with Crippen LogP contribution in [0, 0.1) is 0 Å². The second-order valence-corrected chi connectivity index (χ2v) is 5.61. The number of carbonyl (C=O) groups excluding carboxylic acids is 1. The van der Waals surface area contributed by atoms with Gasteiger partial charge in [0.2, 0.25) is 5.91 Å². The van der Waals surface area contributed by atoms with Crippen LogP contribution in [-0.2, 0) is 11.2 Å². The SMILES string of the molecule is CNC(=O)Cc1ccccc1Oc1ccc2cc(C=NN)ccc2c1. The highest BCUT2D eigenvalue weighted by atomic mass is 16.5. The minimum absolute atomic E-state index is 0.0522. The summed E-state index contributed by atoms with van der Waals surface area (Å²) in [5.41, 5.74) is 1.79. The second-order valence-electron chi connectivity index (χ2n) is 5.61. The molecule has 0 saturated carbocycles. The number of hydrogen-bond acceptors (Lipinski definition) is 4. The molecule has 0 spiro atoms. The minimum atomic E-state index is -0.0522. The van der Waals surface area contributed by atoms with Gasteiger partial charge in [-0.3, -0.25) is 4.79 Å². The van der Waals surface area contributed by atoms with Gasteiger partial charge in [-0.25, -0.2) is 0 Å². The van der Waals surface area contributed by atoms with Gasteiger partial charge in [-0.2, -0.15) is 5.10 Å². The molecule has 3 N–H and O–H groups in total. The maximum absolute atomic E-state index is 11.7. The third kappa shape index (κ3) is 3.95. The number of amides is 1. The van der Waals surface area contributed by atoms with E-state index in [1.54, 1.807) is 13.3 Å². The molecule has 1 amide bonds. The number of benzene rings is 3. The maximum Gasteiger partial charge on any atom is 0.224 e. The van der Waals surface area contributed by atoms with Gasteiger partial charge in [-0.05, 0) is 40.6 Å². The number of nitrogens with one attached hydrogen (secondary N) is 1. The van der Waals surface area contributed by atoms with Crippen LogP contribution in [0.25, 0.3) is 10.8 Å². The fourth-order valence-electron chi connectivity index (χ4n) is 2.61. The fraction of sp³-hybridized carbons (Fsp3) is 0.100. The summed E-state index contributed by atoms with van der Waals surface area (Å²) in [5, 5.41) is 8.30. The smallest absolute Gasteiger partial charge is 0.224 e. The highest BCUT2D eigenvalue weighted by Crippen LogP contribution is 2.28. The molecule has 3 aromatic rings. The van der Waals surface area contributed by atoms with Crippen molar-refractivity contribution in [2.45, 2.75) is 6.42 Å². The van der Waals surface area contributed by atoms with Crippen LogP contribution < -0.4 is 15.9 Å². The highest BCUT2D eigenvalue weighted by Gasteiger charge is 2.09. The lowest BCUT2D eigenvalue weighted by Crippen LogP contribution is -2.20. The average Bonchev–Trinajstić information content (AvgIpc) is 2.63. The van der Waals surface area contributed by atoms with Crippen LogP contribution in [0.4, 0.5) is 0 Å². The molecule has 0 aliphatic rings. The van der Waals surface area contributed by atoms with Crippen molar-refractivity contribution < 1.29 is 9.53 Å². The van der Waals surface area contributed by atoms with Crippen LogP contribution >= 0.6 is 0 Å². The molecular weight excluding hydrogens is 314 g/mol. The predicted octanol–water partition coefficient (Wildman–Crippen LogP) is 3.21. The van der Waals surface area contributed by atoms with Crippen molar-refractivity contribution in [1.82, 2.24) is 5.32 Å². The Morgan fingerprint density at radius 2 is 1.88 bits per heavy atom. The Morgan fingerprint density at radius 1 is 1.12 bits per heavy atom. The Hall–Kier alpha value is -3.34. The number of nitrogens with two attached hydrogens (primary N) is 1. The summed E-state index contributed by atoms with van der Waals surface area (Å²) in [6.07, 6.45) is 1.89. The van der Waals surface area contributed by atoms with Gasteiger partial charge < -0.3 is 15.9 Å². The predicted molar refractivity (Wildman–Crippen MR) is 100 cm³/mol. The third-order valence-corrected chi connectivity index (χ3v) is 3.89. The minimum Gasteiger partial charge on any atom is -0.457 e. The van der Waals surface area contributed by atoms with Crippen molar-refractivity contribution in [2.75, 3.05) is 7.05 Å². The quantitative estimate of drug-likeness (QED) is 0.427. The first-order valence-corrected chi connectivity index (χ1v) is 7.93. The van der Waals surface area contributed by atoms with E-state index in [4.69, 9.17) is 10.6 Å². The molecule has 0 heterocycles. The van der Waals surface area contributed by atoms with E-state index in [2.05, 4.69) is 10.4 Å². The number of hydrogen-bond donors (Lipinski definition) is 2. The zero-order valence-corrected chi connectivity index (χ0v) is 13.9. The average molecular weight is 333 g/mol. The van der Waals surface area contributed by atoms with E-state index in [0.717, 1.165) is 27.6 Å². The van der Waals surface area contributed by atoms with Gasteiger partial charge in [-0.15, -0.1) is 0 Å². The van der Waals surface area contributed by atoms with Gasteiger partial charge >= 0.3 is 0 Å². The number of carbonyl (C=O) groups is 1. The fourth-order valence-corrected chi connectivity index (χ4v) is 2.61. The zero-order chi connectivity index (χ0) is 17.6. The van der Waals surface area contributed by atoms with Crippen molar-refractivity contribution in [3.63, 3.8) is 0 Å². The molecule has 0 aliphatic heterocycles. The molecule has 0 radical (unpaired) electrons. The van der Waals surface area contributed by atoms with E-state index in [1.807, 2.05) is 60.7 Å². The number of fused-ring (bicyclic) bond motifs is 1. The Morgan fingerprint density at radius 3 is 2.68 bits per heavy atom. The van der Waals surface area contributed by atoms with Crippen molar-refractivity contribution in [2.24, 2.45) is 10.9 Å². The molecule has 126 valence electrons. The van der Waals surface area contributed by atoms with E-state index in [-0.39, 0.29) is 12.3 Å². The molecule has 0 bridgehead atoms. The lowest BCUT2D eigenvalue weighted by Gasteiger charge is -2.11. The van der Waals surface area contributed by atoms with Crippen LogP contribution in [0.15, 0.2) is 65.8 Å². The first-order chi connectivity index (χ1) is 12.2. The van der Waals surface area contributed by atoms with E-state index in [9.17, 15) is 4.79 Å². The second kappa shape index (κ2) is 7.49. The van der Waals surface area contributed by atoms with Gasteiger partial charge in [0.25, 0.3) is 0 Å². The number of para-hydroxylation sites is 1. The molecular formula is C20H19N3O2. The van der Waals surface area contributed by atoms with Crippen LogP contribution in [-0.4, -0.2) is 19.2 Å². The van der Waals surface area contributed by atoms with Crippen LogP contribution in [0.5, 0.6) is 11.5 Å². The van der Waals surface area contributed by atoms with Crippen molar-refractivity contribution in [1.29, 1.82) is 0 Å². The topological polar surface area (TPSA) is 76.7 Å². The number of hydrazone groups is 1. The molecule has 0 fully saturated rings. The van der Waals surface area contributed by atoms with Crippen LogP contribution in [0.1, 0.15) is 11.1 Å². The summed E-state index contributed by atoms with van der Waals surface area (Å²) in [5.74, 6) is 6.54. The Kier molecular flexibility index (Phi) is 4.95. The largest absolute Gasteiger partial charge is 0.457 e. The standard InChI is InChI=1S/C20H19N3O2/c1-22-20(24)12-17-4-2-3-5-19(17)25-18-9-8-15-10-14(13-23-21)6-7-16(15)11-18/h2-11,13H,12,21H2,1H3,(H,22,24). The summed E-state index contributed by atoms with van der Waals surface area (Å²) < 4.78 is 6.01. The summed E-state index contributed by atoms with van der Waals surface area (Å²) in [6.45, 7) is 0. The molecule has 3 rings (SSSR count). The molecule has 25 heavy (non-hydrogen) atoms.